The number of ether oxygens (including phenoxy) is 1. The van der Waals surface area contributed by atoms with Crippen molar-refractivity contribution in [3.05, 3.63) is 24.3 Å². The van der Waals surface area contributed by atoms with Crippen LogP contribution in [-0.4, -0.2) is 7.11 Å². The molecule has 4 heteroatoms. The smallest absolute Gasteiger partial charge is 0.119 e. The third-order valence-electron chi connectivity index (χ3n) is 1.27. The minimum atomic E-state index is 0.717. The molecule has 0 heterocycles. The van der Waals surface area contributed by atoms with E-state index in [-0.39, 0.29) is 0 Å². The van der Waals surface area contributed by atoms with Crippen LogP contribution in [0.15, 0.2) is 24.3 Å². The molecule has 0 unspecified atom stereocenters. The minimum absolute atomic E-state index is 0.717. The van der Waals surface area contributed by atoms with Crippen molar-refractivity contribution in [2.45, 2.75) is 0 Å². The van der Waals surface area contributed by atoms with E-state index < -0.39 is 0 Å². The molecular formula is C7H7Cl2NO. The topological polar surface area (TPSA) is 12.5 Å². The summed E-state index contributed by atoms with van der Waals surface area (Å²) in [5.41, 5.74) is 0.717. The van der Waals surface area contributed by atoms with E-state index in [2.05, 4.69) is 0 Å². The Kier molecular flexibility index (Phi) is 2.85. The van der Waals surface area contributed by atoms with E-state index in [1.54, 1.807) is 31.4 Å². The van der Waals surface area contributed by atoms with E-state index in [0.717, 1.165) is 9.69 Å². The first-order chi connectivity index (χ1) is 5.24. The molecule has 0 amide bonds. The molecule has 0 aliphatic rings. The van der Waals surface area contributed by atoms with Crippen molar-refractivity contribution in [2.75, 3.05) is 11.0 Å². The van der Waals surface area contributed by atoms with E-state index in [1.807, 2.05) is 0 Å². The molecule has 1 aromatic rings. The lowest BCUT2D eigenvalue weighted by Gasteiger charge is -2.05. The van der Waals surface area contributed by atoms with Gasteiger partial charge in [0.2, 0.25) is 0 Å². The highest BCUT2D eigenvalue weighted by molar-refractivity contribution is 6.49. The van der Waals surface area contributed by atoms with Crippen LogP contribution in [0.4, 0.5) is 5.69 Å². The maximum atomic E-state index is 5.46. The summed E-state index contributed by atoms with van der Waals surface area (Å²) in [6, 6.07) is 7.10. The lowest BCUT2D eigenvalue weighted by atomic mass is 10.3. The molecule has 0 bridgehead atoms. The van der Waals surface area contributed by atoms with Gasteiger partial charge in [-0.2, -0.15) is 3.94 Å². The van der Waals surface area contributed by atoms with Crippen molar-refractivity contribution in [3.63, 3.8) is 0 Å². The molecule has 1 rings (SSSR count). The molecular weight excluding hydrogens is 185 g/mol. The Balaban J connectivity index is 2.83. The van der Waals surface area contributed by atoms with Crippen LogP contribution in [0.2, 0.25) is 0 Å². The molecule has 1 aromatic carbocycles. The molecule has 0 fully saturated rings. The van der Waals surface area contributed by atoms with E-state index in [0.29, 0.717) is 5.69 Å². The summed E-state index contributed by atoms with van der Waals surface area (Å²) in [6.45, 7) is 0. The molecule has 0 saturated carbocycles. The molecule has 0 aliphatic carbocycles. The molecule has 0 radical (unpaired) electrons. The standard InChI is InChI=1S/C7H7Cl2NO/c1-11-7-4-2-6(3-5-7)10(8)9/h2-5H,1H3. The fraction of sp³-hybridized carbons (Fsp3) is 0.143. The van der Waals surface area contributed by atoms with Gasteiger partial charge in [0.1, 0.15) is 5.75 Å². The van der Waals surface area contributed by atoms with Crippen LogP contribution in [0.3, 0.4) is 0 Å². The highest BCUT2D eigenvalue weighted by Gasteiger charge is 1.97. The molecule has 0 aromatic heterocycles. The number of rotatable bonds is 2. The normalized spacial score (nSPS) is 9.36. The predicted molar refractivity (Wildman–Crippen MR) is 47.2 cm³/mol. The average molecular weight is 192 g/mol. The fourth-order valence-electron chi connectivity index (χ4n) is 0.695. The fourth-order valence-corrected chi connectivity index (χ4v) is 0.920. The van der Waals surface area contributed by atoms with Gasteiger partial charge in [-0.15, -0.1) is 0 Å². The van der Waals surface area contributed by atoms with Crippen molar-refractivity contribution in [3.8, 4) is 5.75 Å². The molecule has 0 spiro atoms. The second-order valence-corrected chi connectivity index (χ2v) is 2.78. The zero-order valence-electron chi connectivity index (χ0n) is 5.92. The third-order valence-corrected chi connectivity index (χ3v) is 1.66. The maximum absolute atomic E-state index is 5.46. The van der Waals surface area contributed by atoms with Gasteiger partial charge < -0.3 is 4.74 Å². The Labute approximate surface area is 75.5 Å². The second kappa shape index (κ2) is 3.69. The molecule has 2 nitrogen and oxygen atoms in total. The average Bonchev–Trinajstić information content (AvgIpc) is 2.05. The van der Waals surface area contributed by atoms with E-state index in [4.69, 9.17) is 28.3 Å². The van der Waals surface area contributed by atoms with Crippen LogP contribution in [-0.2, 0) is 0 Å². The second-order valence-electron chi connectivity index (χ2n) is 1.93. The van der Waals surface area contributed by atoms with Crippen molar-refractivity contribution >= 4 is 29.2 Å². The van der Waals surface area contributed by atoms with Crippen molar-refractivity contribution in [2.24, 2.45) is 0 Å². The van der Waals surface area contributed by atoms with Crippen molar-refractivity contribution < 1.29 is 4.74 Å². The SMILES string of the molecule is COc1ccc(N(Cl)Cl)cc1. The Morgan fingerprint density at radius 1 is 1.18 bits per heavy atom. The summed E-state index contributed by atoms with van der Waals surface area (Å²) < 4.78 is 5.94. The van der Waals surface area contributed by atoms with Crippen LogP contribution in [0.25, 0.3) is 0 Å². The first kappa shape index (κ1) is 8.50. The van der Waals surface area contributed by atoms with Gasteiger partial charge in [0.05, 0.1) is 12.8 Å². The van der Waals surface area contributed by atoms with Crippen LogP contribution in [0, 0.1) is 0 Å². The van der Waals surface area contributed by atoms with Gasteiger partial charge in [0.25, 0.3) is 0 Å². The number of anilines is 1. The zero-order chi connectivity index (χ0) is 8.27. The van der Waals surface area contributed by atoms with E-state index in [1.165, 1.54) is 0 Å². The Hall–Kier alpha value is -0.600. The molecule has 0 saturated heterocycles. The number of hydrogen-bond acceptors (Lipinski definition) is 2. The van der Waals surface area contributed by atoms with E-state index in [9.17, 15) is 0 Å². The quantitative estimate of drug-likeness (QED) is 0.668. The van der Waals surface area contributed by atoms with Crippen molar-refractivity contribution in [1.29, 1.82) is 0 Å². The Morgan fingerprint density at radius 3 is 2.09 bits per heavy atom. The lowest BCUT2D eigenvalue weighted by molar-refractivity contribution is 0.415. The van der Waals surface area contributed by atoms with Gasteiger partial charge in [-0.3, -0.25) is 0 Å². The van der Waals surface area contributed by atoms with Crippen LogP contribution >= 0.6 is 23.6 Å². The highest BCUT2D eigenvalue weighted by atomic mass is 35.5. The van der Waals surface area contributed by atoms with Crippen LogP contribution in [0.1, 0.15) is 0 Å². The van der Waals surface area contributed by atoms with E-state index >= 15 is 0 Å². The van der Waals surface area contributed by atoms with Gasteiger partial charge in [0.15, 0.2) is 0 Å². The first-order valence-corrected chi connectivity index (χ1v) is 3.67. The van der Waals surface area contributed by atoms with Crippen molar-refractivity contribution in [1.82, 2.24) is 0 Å². The van der Waals surface area contributed by atoms with Gasteiger partial charge >= 0.3 is 0 Å². The molecule has 0 aliphatic heterocycles. The largest absolute Gasteiger partial charge is 0.497 e. The minimum Gasteiger partial charge on any atom is -0.497 e. The number of benzene rings is 1. The Bertz CT molecular complexity index is 222. The first-order valence-electron chi connectivity index (χ1n) is 3.00. The monoisotopic (exact) mass is 191 g/mol. The molecule has 0 N–H and O–H groups in total. The molecule has 11 heavy (non-hydrogen) atoms. The van der Waals surface area contributed by atoms with Gasteiger partial charge in [-0.25, -0.2) is 0 Å². The lowest BCUT2D eigenvalue weighted by Crippen LogP contribution is -1.91. The summed E-state index contributed by atoms with van der Waals surface area (Å²) in [6.07, 6.45) is 0. The van der Waals surface area contributed by atoms with Crippen LogP contribution in [0.5, 0.6) is 5.75 Å². The maximum Gasteiger partial charge on any atom is 0.119 e. The van der Waals surface area contributed by atoms with Gasteiger partial charge in [-0.05, 0) is 24.3 Å². The summed E-state index contributed by atoms with van der Waals surface area (Å²) in [5.74, 6) is 0.781. The summed E-state index contributed by atoms with van der Waals surface area (Å²) in [5, 5.41) is 0. The Morgan fingerprint density at radius 2 is 1.73 bits per heavy atom. The molecule has 60 valence electrons. The number of nitrogens with zero attached hydrogens (tertiary/aromatic N) is 1. The van der Waals surface area contributed by atoms with Gasteiger partial charge in [-0.1, -0.05) is 0 Å². The number of methoxy groups -OCH3 is 1. The molecule has 0 atom stereocenters. The van der Waals surface area contributed by atoms with Gasteiger partial charge in [0, 0.05) is 23.6 Å². The number of halogens is 2. The number of hydrogen-bond donors (Lipinski definition) is 0. The predicted octanol–water partition coefficient (Wildman–Crippen LogP) is 2.81. The zero-order valence-corrected chi connectivity index (χ0v) is 7.43. The third kappa shape index (κ3) is 2.17. The summed E-state index contributed by atoms with van der Waals surface area (Å²) in [4.78, 5) is 0. The van der Waals surface area contributed by atoms with Crippen LogP contribution < -0.4 is 8.67 Å². The summed E-state index contributed by atoms with van der Waals surface area (Å²) >= 11 is 10.9. The highest BCUT2D eigenvalue weighted by Crippen LogP contribution is 2.21. The summed E-state index contributed by atoms with van der Waals surface area (Å²) in [7, 11) is 1.61.